The smallest absolute Gasteiger partial charge is 0.0652 e. The average Bonchev–Trinajstić information content (AvgIpc) is 3.36. The molecule has 0 radical (unpaired) electrons. The van der Waals surface area contributed by atoms with Gasteiger partial charge in [0, 0.05) is 0 Å². The van der Waals surface area contributed by atoms with Crippen LogP contribution in [0.2, 0.25) is 0 Å². The molecule has 0 aromatic rings. The van der Waals surface area contributed by atoms with Crippen LogP contribution in [0.25, 0.3) is 0 Å². The highest BCUT2D eigenvalue weighted by molar-refractivity contribution is 5.02. The molecule has 2 heteroatoms. The molecule has 0 atom stereocenters. The topological polar surface area (TPSA) is 40.5 Å². The highest BCUT2D eigenvalue weighted by Crippen LogP contribution is 2.62. The van der Waals surface area contributed by atoms with E-state index in [0.29, 0.717) is 5.92 Å². The van der Waals surface area contributed by atoms with Crippen molar-refractivity contribution in [1.29, 1.82) is 0 Å². The van der Waals surface area contributed by atoms with E-state index in [0.717, 1.165) is 84.9 Å². The van der Waals surface area contributed by atoms with Gasteiger partial charge in [-0.05, 0) is 136 Å². The third-order valence-electron chi connectivity index (χ3n) is 9.88. The molecule has 0 bridgehead atoms. The van der Waals surface area contributed by atoms with Crippen molar-refractivity contribution in [1.82, 2.24) is 0 Å². The van der Waals surface area contributed by atoms with Crippen LogP contribution in [0.4, 0.5) is 0 Å². The minimum atomic E-state index is -0.228. The molecule has 0 amide bonds. The van der Waals surface area contributed by atoms with Crippen LogP contribution >= 0.6 is 0 Å². The lowest BCUT2D eigenvalue weighted by atomic mass is 9.47. The summed E-state index contributed by atoms with van der Waals surface area (Å²) in [6.07, 6.45) is 15.8. The van der Waals surface area contributed by atoms with Crippen molar-refractivity contribution in [3.05, 3.63) is 0 Å². The van der Waals surface area contributed by atoms with Gasteiger partial charge in [0.05, 0.1) is 11.7 Å². The van der Waals surface area contributed by atoms with Gasteiger partial charge in [-0.25, -0.2) is 0 Å². The highest BCUT2D eigenvalue weighted by atomic mass is 16.3. The van der Waals surface area contributed by atoms with Gasteiger partial charge in [-0.3, -0.25) is 0 Å². The maximum Gasteiger partial charge on any atom is 0.0652 e. The summed E-state index contributed by atoms with van der Waals surface area (Å²) in [5.74, 6) is 8.34. The second-order valence-electron chi connectivity index (χ2n) is 15.9. The van der Waals surface area contributed by atoms with E-state index in [2.05, 4.69) is 69.2 Å². The minimum Gasteiger partial charge on any atom is -0.393 e. The molecule has 0 unspecified atom stereocenters. The lowest BCUT2D eigenvalue weighted by Gasteiger charge is -2.58. The SMILES string of the molecule is CC(C)C1CC(O)C1.CC(C)CC1(O)CC1.CC(C)CC1CC(C)C1.CC1CC2(C1)CC(C(C)C)C2. The second-order valence-corrected chi connectivity index (χ2v) is 15.9. The van der Waals surface area contributed by atoms with Crippen molar-refractivity contribution in [2.75, 3.05) is 0 Å². The summed E-state index contributed by atoms with van der Waals surface area (Å²) in [5, 5.41) is 18.2. The first-order valence-electron chi connectivity index (χ1n) is 16.0. The largest absolute Gasteiger partial charge is 0.393 e. The lowest BCUT2D eigenvalue weighted by Crippen LogP contribution is -2.48. The van der Waals surface area contributed by atoms with Crippen LogP contribution in [0.1, 0.15) is 146 Å². The standard InChI is InChI=1S/C11H20.C9H18.2C7H14O/c1-8(2)10-6-11(7-10)4-9(3)5-11;1-7(2)4-9-5-8(3)6-9;1-5(2)6-3-7(8)4-6;1-6(2)5-7(8)3-4-7/h8-10H,4-7H2,1-3H3;7-9H,4-6H2,1-3H3;5-8H,3-4H2,1-2H3;6,8H,3-5H2,1-2H3. The Kier molecular flexibility index (Phi) is 12.3. The van der Waals surface area contributed by atoms with Crippen molar-refractivity contribution < 1.29 is 10.2 Å². The molecule has 0 heterocycles. The Bertz CT molecular complexity index is 591. The van der Waals surface area contributed by atoms with Crippen molar-refractivity contribution in [3.63, 3.8) is 0 Å². The van der Waals surface area contributed by atoms with Crippen LogP contribution in [0.15, 0.2) is 0 Å². The quantitative estimate of drug-likeness (QED) is 0.376. The molecule has 0 saturated heterocycles. The minimum absolute atomic E-state index is 0.0300. The fourth-order valence-electron chi connectivity index (χ4n) is 7.49. The van der Waals surface area contributed by atoms with E-state index < -0.39 is 0 Å². The monoisotopic (exact) mass is 507 g/mol. The number of aliphatic hydroxyl groups excluding tert-OH is 1. The van der Waals surface area contributed by atoms with Crippen LogP contribution < -0.4 is 0 Å². The predicted molar refractivity (Wildman–Crippen MR) is 157 cm³/mol. The molecular formula is C34H66O2. The van der Waals surface area contributed by atoms with Gasteiger partial charge >= 0.3 is 0 Å². The molecule has 0 aliphatic heterocycles. The fourth-order valence-corrected chi connectivity index (χ4v) is 7.49. The summed E-state index contributed by atoms with van der Waals surface area (Å²) < 4.78 is 0. The van der Waals surface area contributed by atoms with Crippen molar-refractivity contribution in [2.24, 2.45) is 58.7 Å². The van der Waals surface area contributed by atoms with Crippen molar-refractivity contribution in [2.45, 2.75) is 158 Å². The highest BCUT2D eigenvalue weighted by Gasteiger charge is 2.51. The summed E-state index contributed by atoms with van der Waals surface area (Å²) in [6.45, 7) is 22.9. The van der Waals surface area contributed by atoms with Crippen LogP contribution in [0.3, 0.4) is 0 Å². The number of hydrogen-bond donors (Lipinski definition) is 2. The van der Waals surface area contributed by atoms with Crippen molar-refractivity contribution in [3.8, 4) is 0 Å². The Balaban J connectivity index is 0.000000171. The lowest BCUT2D eigenvalue weighted by molar-refractivity contribution is -0.0768. The van der Waals surface area contributed by atoms with E-state index >= 15 is 0 Å². The molecule has 36 heavy (non-hydrogen) atoms. The summed E-state index contributed by atoms with van der Waals surface area (Å²) in [5.41, 5.74) is 0.641. The van der Waals surface area contributed by atoms with Gasteiger partial charge in [0.2, 0.25) is 0 Å². The summed E-state index contributed by atoms with van der Waals surface area (Å²) in [4.78, 5) is 0. The number of aliphatic hydroxyl groups is 2. The summed E-state index contributed by atoms with van der Waals surface area (Å²) in [7, 11) is 0. The first-order valence-corrected chi connectivity index (χ1v) is 16.0. The van der Waals surface area contributed by atoms with Crippen LogP contribution in [0, 0.1) is 58.7 Å². The molecule has 0 aromatic carbocycles. The molecule has 0 aromatic heterocycles. The molecule has 5 fully saturated rings. The molecule has 2 nitrogen and oxygen atoms in total. The predicted octanol–water partition coefficient (Wildman–Crippen LogP) is 9.52. The van der Waals surface area contributed by atoms with Gasteiger partial charge in [0.25, 0.3) is 0 Å². The van der Waals surface area contributed by atoms with E-state index in [1.165, 1.54) is 32.1 Å². The first kappa shape index (κ1) is 32.1. The Hall–Kier alpha value is -0.0800. The Labute approximate surface area is 226 Å². The van der Waals surface area contributed by atoms with Gasteiger partial charge in [0.15, 0.2) is 0 Å². The molecular weight excluding hydrogens is 440 g/mol. The summed E-state index contributed by atoms with van der Waals surface area (Å²) >= 11 is 0. The zero-order chi connectivity index (χ0) is 27.3. The maximum absolute atomic E-state index is 9.30. The summed E-state index contributed by atoms with van der Waals surface area (Å²) in [6, 6.07) is 0. The zero-order valence-corrected chi connectivity index (χ0v) is 26.2. The van der Waals surface area contributed by atoms with E-state index in [-0.39, 0.29) is 11.7 Å². The molecule has 2 N–H and O–H groups in total. The molecule has 5 aliphatic rings. The van der Waals surface area contributed by atoms with E-state index in [1.54, 1.807) is 12.8 Å². The van der Waals surface area contributed by atoms with Gasteiger partial charge in [-0.15, -0.1) is 0 Å². The third-order valence-corrected chi connectivity index (χ3v) is 9.88. The third kappa shape index (κ3) is 11.0. The van der Waals surface area contributed by atoms with Gasteiger partial charge in [-0.1, -0.05) is 69.2 Å². The Morgan fingerprint density at radius 1 is 0.667 bits per heavy atom. The van der Waals surface area contributed by atoms with Crippen LogP contribution in [0.5, 0.6) is 0 Å². The van der Waals surface area contributed by atoms with Gasteiger partial charge in [-0.2, -0.15) is 0 Å². The maximum atomic E-state index is 9.30. The van der Waals surface area contributed by atoms with E-state index in [1.807, 2.05) is 0 Å². The van der Waals surface area contributed by atoms with Gasteiger partial charge in [0.1, 0.15) is 0 Å². The normalized spacial score (nSPS) is 37.3. The van der Waals surface area contributed by atoms with Crippen LogP contribution in [-0.2, 0) is 0 Å². The van der Waals surface area contributed by atoms with E-state index in [4.69, 9.17) is 5.11 Å². The Morgan fingerprint density at radius 2 is 1.17 bits per heavy atom. The van der Waals surface area contributed by atoms with E-state index in [9.17, 15) is 5.11 Å². The number of rotatable bonds is 6. The average molecular weight is 507 g/mol. The number of hydrogen-bond acceptors (Lipinski definition) is 2. The molecule has 5 rings (SSSR count). The molecule has 214 valence electrons. The fraction of sp³-hybridized carbons (Fsp3) is 1.00. The van der Waals surface area contributed by atoms with Crippen LogP contribution in [-0.4, -0.2) is 21.9 Å². The molecule has 1 spiro atoms. The molecule has 5 aliphatic carbocycles. The zero-order valence-electron chi connectivity index (χ0n) is 26.2. The Morgan fingerprint density at radius 3 is 1.42 bits per heavy atom. The second kappa shape index (κ2) is 13.8. The van der Waals surface area contributed by atoms with Crippen molar-refractivity contribution >= 4 is 0 Å². The first-order chi connectivity index (χ1) is 16.6. The van der Waals surface area contributed by atoms with Gasteiger partial charge < -0.3 is 10.2 Å². The molecule has 5 saturated carbocycles.